The van der Waals surface area contributed by atoms with Crippen molar-refractivity contribution in [1.82, 2.24) is 10.2 Å². The smallest absolute Gasteiger partial charge is 0.416 e. The zero-order valence-corrected chi connectivity index (χ0v) is 18.4. The Morgan fingerprint density at radius 1 is 1.12 bits per heavy atom. The lowest BCUT2D eigenvalue weighted by molar-refractivity contribution is -0.139. The van der Waals surface area contributed by atoms with Gasteiger partial charge < -0.3 is 5.11 Å². The minimum absolute atomic E-state index is 0.160. The molecule has 172 valence electrons. The van der Waals surface area contributed by atoms with E-state index in [4.69, 9.17) is 11.6 Å². The largest absolute Gasteiger partial charge is 0.478 e. The van der Waals surface area contributed by atoms with Crippen LogP contribution in [0, 0.1) is 0 Å². The number of nitrogens with one attached hydrogen (secondary N) is 1. The van der Waals surface area contributed by atoms with E-state index in [1.54, 1.807) is 18.2 Å². The molecule has 5 rings (SSSR count). The summed E-state index contributed by atoms with van der Waals surface area (Å²) >= 11 is 6.48. The number of aromatic carboxylic acids is 1. The summed E-state index contributed by atoms with van der Waals surface area (Å²) in [6.07, 6.45) is -0.0170. The van der Waals surface area contributed by atoms with Crippen LogP contribution in [0.2, 0.25) is 5.02 Å². The van der Waals surface area contributed by atoms with Gasteiger partial charge in [0.2, 0.25) is 0 Å². The summed E-state index contributed by atoms with van der Waals surface area (Å²) in [4.78, 5) is 11.2. The monoisotopic (exact) mass is 474 g/mol. The number of nitrogens with zero attached hydrogens (tertiary/aromatic N) is 1. The lowest BCUT2D eigenvalue weighted by Crippen LogP contribution is -2.43. The highest BCUT2D eigenvalue weighted by Crippen LogP contribution is 2.61. The molecule has 8 heteroatoms. The second-order valence-electron chi connectivity index (χ2n) is 8.96. The lowest BCUT2D eigenvalue weighted by atomic mass is 9.53. The molecule has 1 saturated carbocycles. The number of carboxylic acids is 1. The van der Waals surface area contributed by atoms with Crippen molar-refractivity contribution in [1.29, 1.82) is 0 Å². The van der Waals surface area contributed by atoms with Crippen molar-refractivity contribution < 1.29 is 23.1 Å². The van der Waals surface area contributed by atoms with E-state index in [0.717, 1.165) is 48.6 Å². The number of aromatic nitrogens is 2. The third kappa shape index (κ3) is 3.53. The average Bonchev–Trinajstić information content (AvgIpc) is 3.18. The molecule has 2 aliphatic rings. The van der Waals surface area contributed by atoms with Crippen LogP contribution in [0.3, 0.4) is 0 Å². The Labute approximate surface area is 193 Å². The van der Waals surface area contributed by atoms with E-state index in [1.165, 1.54) is 18.2 Å². The Bertz CT molecular complexity index is 1210. The minimum Gasteiger partial charge on any atom is -0.478 e. The van der Waals surface area contributed by atoms with Crippen LogP contribution >= 0.6 is 11.6 Å². The number of carbonyl (C=O) groups is 1. The number of alkyl halides is 3. The number of carboxylic acid groups (broad SMARTS) is 1. The zero-order chi connectivity index (χ0) is 23.4. The van der Waals surface area contributed by atoms with Gasteiger partial charge in [0.15, 0.2) is 0 Å². The van der Waals surface area contributed by atoms with E-state index in [2.05, 4.69) is 10.2 Å². The van der Waals surface area contributed by atoms with Gasteiger partial charge in [-0.25, -0.2) is 4.79 Å². The molecule has 3 aromatic rings. The molecule has 1 unspecified atom stereocenters. The second-order valence-corrected chi connectivity index (χ2v) is 9.37. The first kappa shape index (κ1) is 22.0. The Morgan fingerprint density at radius 2 is 1.85 bits per heavy atom. The summed E-state index contributed by atoms with van der Waals surface area (Å²) in [5.74, 6) is -1.18. The number of benzene rings is 2. The van der Waals surface area contributed by atoms with Gasteiger partial charge in [-0.2, -0.15) is 18.3 Å². The summed E-state index contributed by atoms with van der Waals surface area (Å²) in [6.45, 7) is 0. The molecule has 2 aromatic carbocycles. The second kappa shape index (κ2) is 7.90. The van der Waals surface area contributed by atoms with Crippen LogP contribution in [-0.4, -0.2) is 21.3 Å². The van der Waals surface area contributed by atoms with Crippen LogP contribution in [0.1, 0.15) is 70.8 Å². The lowest BCUT2D eigenvalue weighted by Gasteiger charge is -2.51. The average molecular weight is 475 g/mol. The Kier molecular flexibility index (Phi) is 5.27. The van der Waals surface area contributed by atoms with E-state index < -0.39 is 23.1 Å². The molecule has 0 spiro atoms. The van der Waals surface area contributed by atoms with Crippen LogP contribution in [-0.2, 0) is 18.0 Å². The highest BCUT2D eigenvalue weighted by Gasteiger charge is 2.53. The molecule has 4 nitrogen and oxygen atoms in total. The first-order valence-corrected chi connectivity index (χ1v) is 11.4. The number of hydrogen-bond acceptors (Lipinski definition) is 2. The molecular weight excluding hydrogens is 453 g/mol. The summed E-state index contributed by atoms with van der Waals surface area (Å²) in [5.41, 5.74) is 2.31. The van der Waals surface area contributed by atoms with Gasteiger partial charge >= 0.3 is 12.1 Å². The summed E-state index contributed by atoms with van der Waals surface area (Å²) in [5, 5.41) is 17.0. The van der Waals surface area contributed by atoms with Crippen LogP contribution in [0.5, 0.6) is 0 Å². The first-order chi connectivity index (χ1) is 15.7. The van der Waals surface area contributed by atoms with Gasteiger partial charge in [0.05, 0.1) is 16.8 Å². The number of halogens is 4. The van der Waals surface area contributed by atoms with E-state index in [0.29, 0.717) is 18.5 Å². The van der Waals surface area contributed by atoms with Crippen molar-refractivity contribution in [2.75, 3.05) is 0 Å². The van der Waals surface area contributed by atoms with E-state index in [9.17, 15) is 23.1 Å². The number of H-pyrrole nitrogens is 1. The third-order valence-electron chi connectivity index (χ3n) is 7.29. The molecule has 0 bridgehead atoms. The summed E-state index contributed by atoms with van der Waals surface area (Å²) in [6, 6.07) is 10.5. The zero-order valence-electron chi connectivity index (χ0n) is 17.7. The molecular formula is C25H22ClF3N2O2. The summed E-state index contributed by atoms with van der Waals surface area (Å²) in [7, 11) is 0. The Morgan fingerprint density at radius 3 is 2.45 bits per heavy atom. The van der Waals surface area contributed by atoms with Crippen molar-refractivity contribution >= 4 is 17.6 Å². The van der Waals surface area contributed by atoms with Crippen molar-refractivity contribution in [3.8, 4) is 11.3 Å². The quantitative estimate of drug-likeness (QED) is 0.428. The van der Waals surface area contributed by atoms with E-state index in [1.807, 2.05) is 0 Å². The first-order valence-electron chi connectivity index (χ1n) is 11.0. The highest BCUT2D eigenvalue weighted by molar-refractivity contribution is 6.31. The van der Waals surface area contributed by atoms with E-state index in [-0.39, 0.29) is 22.1 Å². The Hall–Kier alpha value is -2.80. The van der Waals surface area contributed by atoms with Crippen LogP contribution in [0.15, 0.2) is 42.5 Å². The van der Waals surface area contributed by atoms with Crippen LogP contribution in [0.4, 0.5) is 13.2 Å². The molecule has 1 aromatic heterocycles. The van der Waals surface area contributed by atoms with Crippen molar-refractivity contribution in [3.63, 3.8) is 0 Å². The SMILES string of the molecule is O=C(O)c1ccc(-c2n[nH]c3c2C(C2(c4c(Cl)cccc4C(F)(F)F)CCC2)CCC3)cc1. The minimum atomic E-state index is -4.49. The maximum Gasteiger partial charge on any atom is 0.416 e. The fraction of sp³-hybridized carbons (Fsp3) is 0.360. The number of aryl methyl sites for hydroxylation is 1. The Balaban J connectivity index is 1.66. The molecule has 0 saturated heterocycles. The van der Waals surface area contributed by atoms with Gasteiger partial charge in [0, 0.05) is 27.3 Å². The van der Waals surface area contributed by atoms with Gasteiger partial charge in [0.1, 0.15) is 0 Å². The fourth-order valence-corrected chi connectivity index (χ4v) is 6.08. The molecule has 2 N–H and O–H groups in total. The van der Waals surface area contributed by atoms with E-state index >= 15 is 0 Å². The highest BCUT2D eigenvalue weighted by atomic mass is 35.5. The molecule has 1 fully saturated rings. The van der Waals surface area contributed by atoms with Gasteiger partial charge in [-0.3, -0.25) is 5.10 Å². The molecule has 2 aliphatic carbocycles. The molecule has 0 radical (unpaired) electrons. The van der Waals surface area contributed by atoms with Gasteiger partial charge in [-0.1, -0.05) is 36.2 Å². The van der Waals surface area contributed by atoms with Crippen LogP contribution < -0.4 is 0 Å². The standard InChI is InChI=1S/C25H22ClF3N2O2/c26-18-6-1-5-17(25(27,28)29)21(18)24(12-3-13-24)16-4-2-7-19-20(16)22(31-30-19)14-8-10-15(11-9-14)23(32)33/h1,5-6,8-11,16H,2-4,7,12-13H2,(H,30,31)(H,32,33). The van der Waals surface area contributed by atoms with Crippen molar-refractivity contribution in [2.45, 2.75) is 56.0 Å². The predicted molar refractivity (Wildman–Crippen MR) is 119 cm³/mol. The number of hydrogen-bond donors (Lipinski definition) is 2. The number of fused-ring (bicyclic) bond motifs is 1. The summed E-state index contributed by atoms with van der Waals surface area (Å²) < 4.78 is 42.1. The maximum absolute atomic E-state index is 14.0. The maximum atomic E-state index is 14.0. The molecule has 0 amide bonds. The van der Waals surface area contributed by atoms with Crippen molar-refractivity contribution in [3.05, 3.63) is 75.4 Å². The molecule has 33 heavy (non-hydrogen) atoms. The van der Waals surface area contributed by atoms with Crippen LogP contribution in [0.25, 0.3) is 11.3 Å². The molecule has 0 aliphatic heterocycles. The topological polar surface area (TPSA) is 66.0 Å². The normalized spacial score (nSPS) is 19.6. The molecule has 1 atom stereocenters. The van der Waals surface area contributed by atoms with Crippen molar-refractivity contribution in [2.24, 2.45) is 0 Å². The third-order valence-corrected chi connectivity index (χ3v) is 7.60. The molecule has 1 heterocycles. The number of rotatable bonds is 4. The fourth-order valence-electron chi connectivity index (χ4n) is 5.72. The van der Waals surface area contributed by atoms with Gasteiger partial charge in [-0.05, 0) is 67.9 Å². The predicted octanol–water partition coefficient (Wildman–Crippen LogP) is 6.99. The van der Waals surface area contributed by atoms with Gasteiger partial charge in [-0.15, -0.1) is 0 Å². The number of aromatic amines is 1. The van der Waals surface area contributed by atoms with Gasteiger partial charge in [0.25, 0.3) is 0 Å².